The maximum Gasteiger partial charge on any atom is 0.306 e. The van der Waals surface area contributed by atoms with Gasteiger partial charge in [-0.25, -0.2) is 0 Å². The van der Waals surface area contributed by atoms with E-state index in [1.165, 1.54) is 77.7 Å². The van der Waals surface area contributed by atoms with E-state index in [-0.39, 0.29) is 25.8 Å². The van der Waals surface area contributed by atoms with Crippen molar-refractivity contribution >= 4 is 5.97 Å². The summed E-state index contributed by atoms with van der Waals surface area (Å²) in [4.78, 5) is 12.3. The number of carbonyl (C=O) groups excluding carboxylic acids is 1. The first kappa shape index (κ1) is 57.2. The maximum atomic E-state index is 12.3. The topological polar surface area (TPSA) is 144 Å². The molecule has 10 heteroatoms. The van der Waals surface area contributed by atoms with Crippen LogP contribution in [0.3, 0.4) is 0 Å². The summed E-state index contributed by atoms with van der Waals surface area (Å²) in [7, 11) is 4.22. The molecule has 0 aliphatic carbocycles. The summed E-state index contributed by atoms with van der Waals surface area (Å²) in [5.74, 6) is -0.728. The third kappa shape index (κ3) is 38.0. The van der Waals surface area contributed by atoms with Gasteiger partial charge in [0.25, 0.3) is 0 Å². The number of hydrogen-bond acceptors (Lipinski definition) is 10. The third-order valence-electron chi connectivity index (χ3n) is 7.23. The second-order valence-electron chi connectivity index (χ2n) is 11.7. The van der Waals surface area contributed by atoms with Gasteiger partial charge in [0.1, 0.15) is 12.2 Å². The summed E-state index contributed by atoms with van der Waals surface area (Å²) >= 11 is 0. The second-order valence-corrected chi connectivity index (χ2v) is 11.7. The molecule has 1 rings (SSSR count). The van der Waals surface area contributed by atoms with Crippen LogP contribution in [-0.2, 0) is 28.5 Å². The minimum Gasteiger partial charge on any atom is -0.457 e. The maximum absolute atomic E-state index is 12.3. The van der Waals surface area contributed by atoms with Crippen LogP contribution in [0, 0.1) is 5.92 Å². The zero-order chi connectivity index (χ0) is 38.7. The van der Waals surface area contributed by atoms with Gasteiger partial charge in [-0.3, -0.25) is 4.79 Å². The Balaban J connectivity index is -0.000000396. The average Bonchev–Trinajstić information content (AvgIpc) is 3.12. The van der Waals surface area contributed by atoms with Gasteiger partial charge in [-0.1, -0.05) is 132 Å². The Kier molecular flexibility index (Phi) is 57.2. The first-order valence-corrected chi connectivity index (χ1v) is 19.1. The van der Waals surface area contributed by atoms with Crippen LogP contribution < -0.4 is 0 Å². The first-order chi connectivity index (χ1) is 23.8. The van der Waals surface area contributed by atoms with Crippen molar-refractivity contribution in [2.75, 3.05) is 47.8 Å². The fraction of sp³-hybridized carbons (Fsp3) is 0.923. The molecule has 1 aliphatic heterocycles. The van der Waals surface area contributed by atoms with Crippen LogP contribution in [0.2, 0.25) is 0 Å². The number of methoxy groups -OCH3 is 2. The molecule has 0 aromatic rings. The van der Waals surface area contributed by atoms with E-state index in [0.717, 1.165) is 39.4 Å². The standard InChI is InChI=1S/C27H52O8.C4H10O.C3H8.C2H6.C2H4.CH4O/c1-4-5-6-7-8-9-10-11-12-13-14-15-16-17-24(29)34-22(19-32-3)20-33-27-26(31)25(30)21(2)23(18-28)35-27;1-3-4-5-2;1-3-2;3*1-2/h21-23,25-28,30-31H,4-20H2,1-3H3;3-4H2,1-2H3;3H2,1-2H3;1-2H3;1-2H2;2H,1H3. The lowest BCUT2D eigenvalue weighted by Gasteiger charge is -2.40. The van der Waals surface area contributed by atoms with E-state index in [1.807, 2.05) is 13.8 Å². The van der Waals surface area contributed by atoms with E-state index in [9.17, 15) is 20.1 Å². The van der Waals surface area contributed by atoms with E-state index in [4.69, 9.17) is 28.8 Å². The van der Waals surface area contributed by atoms with Gasteiger partial charge in [0, 0.05) is 40.3 Å². The van der Waals surface area contributed by atoms with Crippen LogP contribution in [-0.4, -0.2) is 105 Å². The Hall–Kier alpha value is -1.11. The Morgan fingerprint density at radius 1 is 0.735 bits per heavy atom. The van der Waals surface area contributed by atoms with Crippen LogP contribution in [0.25, 0.3) is 0 Å². The molecule has 6 atom stereocenters. The molecule has 1 fully saturated rings. The summed E-state index contributed by atoms with van der Waals surface area (Å²) in [6.07, 6.45) is 14.2. The second kappa shape index (κ2) is 49.0. The summed E-state index contributed by atoms with van der Waals surface area (Å²) in [5, 5.41) is 36.8. The highest BCUT2D eigenvalue weighted by Crippen LogP contribution is 2.26. The number of aliphatic hydroxyl groups excluding tert-OH is 4. The van der Waals surface area contributed by atoms with Crippen LogP contribution in [0.1, 0.15) is 151 Å². The predicted molar refractivity (Wildman–Crippen MR) is 204 cm³/mol. The van der Waals surface area contributed by atoms with Crippen molar-refractivity contribution in [2.45, 2.75) is 182 Å². The van der Waals surface area contributed by atoms with Crippen molar-refractivity contribution in [3.05, 3.63) is 13.2 Å². The molecule has 6 unspecified atom stereocenters. The molecule has 0 aromatic carbocycles. The number of ether oxygens (including phenoxy) is 5. The van der Waals surface area contributed by atoms with Crippen molar-refractivity contribution in [3.63, 3.8) is 0 Å². The Labute approximate surface area is 303 Å². The smallest absolute Gasteiger partial charge is 0.306 e. The molecule has 49 heavy (non-hydrogen) atoms. The minimum atomic E-state index is -1.25. The summed E-state index contributed by atoms with van der Waals surface area (Å²) in [5.41, 5.74) is 0. The Bertz CT molecular complexity index is 592. The summed E-state index contributed by atoms with van der Waals surface area (Å²) < 4.78 is 26.4. The molecule has 10 nitrogen and oxygen atoms in total. The molecule has 0 radical (unpaired) electrons. The largest absolute Gasteiger partial charge is 0.457 e. The molecule has 1 heterocycles. The van der Waals surface area contributed by atoms with Gasteiger partial charge in [-0.05, 0) is 12.8 Å². The number of carbonyl (C=O) groups is 1. The lowest BCUT2D eigenvalue weighted by molar-refractivity contribution is -0.293. The van der Waals surface area contributed by atoms with E-state index in [2.05, 4.69) is 40.9 Å². The fourth-order valence-corrected chi connectivity index (χ4v) is 4.66. The monoisotopic (exact) mass is 713 g/mol. The Morgan fingerprint density at radius 2 is 1.18 bits per heavy atom. The van der Waals surface area contributed by atoms with E-state index < -0.39 is 36.6 Å². The van der Waals surface area contributed by atoms with Gasteiger partial charge in [-0.15, -0.1) is 13.2 Å². The molecule has 300 valence electrons. The molecular formula is C39H84O10. The lowest BCUT2D eigenvalue weighted by Crippen LogP contribution is -2.55. The number of hydrogen-bond donors (Lipinski definition) is 4. The lowest BCUT2D eigenvalue weighted by atomic mass is 9.91. The molecule has 0 amide bonds. The average molecular weight is 713 g/mol. The quantitative estimate of drug-likeness (QED) is 0.0467. The van der Waals surface area contributed by atoms with Gasteiger partial charge in [-0.2, -0.15) is 0 Å². The van der Waals surface area contributed by atoms with Crippen molar-refractivity contribution in [1.29, 1.82) is 0 Å². The van der Waals surface area contributed by atoms with E-state index in [0.29, 0.717) is 6.42 Å². The van der Waals surface area contributed by atoms with Gasteiger partial charge >= 0.3 is 5.97 Å². The normalized spacial score (nSPS) is 19.8. The van der Waals surface area contributed by atoms with Crippen molar-refractivity contribution in [1.82, 2.24) is 0 Å². The highest BCUT2D eigenvalue weighted by Gasteiger charge is 2.42. The van der Waals surface area contributed by atoms with Crippen LogP contribution in [0.4, 0.5) is 0 Å². The van der Waals surface area contributed by atoms with Gasteiger partial charge in [0.2, 0.25) is 0 Å². The number of unbranched alkanes of at least 4 members (excludes halogenated alkanes) is 12. The molecular weight excluding hydrogens is 628 g/mol. The third-order valence-corrected chi connectivity index (χ3v) is 7.23. The summed E-state index contributed by atoms with van der Waals surface area (Å²) in [6.45, 7) is 21.0. The van der Waals surface area contributed by atoms with E-state index >= 15 is 0 Å². The number of rotatable bonds is 23. The van der Waals surface area contributed by atoms with Crippen LogP contribution >= 0.6 is 0 Å². The summed E-state index contributed by atoms with van der Waals surface area (Å²) in [6, 6.07) is 0. The minimum absolute atomic E-state index is 0.0425. The molecule has 0 spiro atoms. The Morgan fingerprint density at radius 3 is 1.55 bits per heavy atom. The van der Waals surface area contributed by atoms with E-state index in [1.54, 1.807) is 14.0 Å². The highest BCUT2D eigenvalue weighted by molar-refractivity contribution is 5.69. The molecule has 4 N–H and O–H groups in total. The molecule has 0 bridgehead atoms. The van der Waals surface area contributed by atoms with Gasteiger partial charge < -0.3 is 44.1 Å². The predicted octanol–water partition coefficient (Wildman–Crippen LogP) is 8.01. The van der Waals surface area contributed by atoms with Crippen molar-refractivity contribution < 1.29 is 48.9 Å². The number of esters is 1. The zero-order valence-corrected chi connectivity index (χ0v) is 33.8. The van der Waals surface area contributed by atoms with Gasteiger partial charge in [0.15, 0.2) is 6.29 Å². The van der Waals surface area contributed by atoms with Crippen molar-refractivity contribution in [2.24, 2.45) is 5.92 Å². The highest BCUT2D eigenvalue weighted by atomic mass is 16.7. The van der Waals surface area contributed by atoms with Crippen LogP contribution in [0.15, 0.2) is 13.2 Å². The van der Waals surface area contributed by atoms with Crippen molar-refractivity contribution in [3.8, 4) is 0 Å². The molecule has 1 saturated heterocycles. The number of aliphatic hydroxyl groups is 4. The molecule has 1 aliphatic rings. The van der Waals surface area contributed by atoms with Gasteiger partial charge in [0.05, 0.1) is 32.0 Å². The molecule has 0 saturated carbocycles. The fourth-order valence-electron chi connectivity index (χ4n) is 4.66. The SMILES string of the molecule is C=C.CC.CCC.CCCCCCCCCCCCCCCC(=O)OC(COC)COC1OC(CO)C(C)C(O)C1O.CCCOC.CO. The van der Waals surface area contributed by atoms with Crippen LogP contribution in [0.5, 0.6) is 0 Å². The zero-order valence-electron chi connectivity index (χ0n) is 33.8. The first-order valence-electron chi connectivity index (χ1n) is 19.1. The molecule has 0 aromatic heterocycles.